The number of aromatic nitrogens is 1. The summed E-state index contributed by atoms with van der Waals surface area (Å²) in [6.07, 6.45) is 1.74. The number of nitrogens with zero attached hydrogens (tertiary/aromatic N) is 1. The molecule has 2 aromatic carbocycles. The van der Waals surface area contributed by atoms with E-state index in [9.17, 15) is 22.0 Å². The molecule has 0 radical (unpaired) electrons. The first-order valence-corrected chi connectivity index (χ1v) is 9.53. The minimum absolute atomic E-state index is 0.0489. The van der Waals surface area contributed by atoms with Gasteiger partial charge in [0.25, 0.3) is 0 Å². The summed E-state index contributed by atoms with van der Waals surface area (Å²) in [4.78, 5) is 11.0. The zero-order chi connectivity index (χ0) is 19.2. The van der Waals surface area contributed by atoms with Crippen LogP contribution in [-0.4, -0.2) is 19.2 Å². The molecule has 0 saturated heterocycles. The van der Waals surface area contributed by atoms with Crippen LogP contribution in [-0.2, 0) is 9.84 Å². The number of sulfone groups is 1. The highest BCUT2D eigenvalue weighted by molar-refractivity contribution is 7.90. The van der Waals surface area contributed by atoms with E-state index in [0.717, 1.165) is 28.5 Å². The molecule has 0 N–H and O–H groups in total. The smallest absolute Gasteiger partial charge is 0.415 e. The third-order valence-electron chi connectivity index (χ3n) is 3.77. The summed E-state index contributed by atoms with van der Waals surface area (Å²) in [6.45, 7) is 1.78. The largest absolute Gasteiger partial charge is 0.424 e. The predicted octanol–water partition coefficient (Wildman–Crippen LogP) is 3.74. The molecule has 0 fully saturated rings. The summed E-state index contributed by atoms with van der Waals surface area (Å²) < 4.78 is 57.4. The van der Waals surface area contributed by atoms with Gasteiger partial charge >= 0.3 is 5.76 Å². The number of halogens is 3. The minimum atomic E-state index is -4.09. The monoisotopic (exact) mass is 399 g/mol. The Hall–Kier alpha value is -2.45. The van der Waals surface area contributed by atoms with Gasteiger partial charge in [0.2, 0.25) is 0 Å². The summed E-state index contributed by atoms with van der Waals surface area (Å²) in [6, 6.07) is 6.44. The summed E-state index contributed by atoms with van der Waals surface area (Å²) in [5, 5.41) is 0.395. The van der Waals surface area contributed by atoms with Crippen molar-refractivity contribution in [1.29, 1.82) is 0 Å². The quantitative estimate of drug-likeness (QED) is 0.672. The number of hydrogen-bond donors (Lipinski definition) is 0. The second-order valence-corrected chi connectivity index (χ2v) is 8.06. The molecule has 136 valence electrons. The Morgan fingerprint density at radius 2 is 1.73 bits per heavy atom. The topological polar surface area (TPSA) is 69.3 Å². The number of aryl methyl sites for hydroxylation is 1. The lowest BCUT2D eigenvalue weighted by molar-refractivity contribution is 0.504. The van der Waals surface area contributed by atoms with Crippen molar-refractivity contribution in [2.24, 2.45) is 0 Å². The van der Waals surface area contributed by atoms with Crippen molar-refractivity contribution in [3.8, 4) is 16.9 Å². The molecule has 9 heteroatoms. The van der Waals surface area contributed by atoms with E-state index in [2.05, 4.69) is 0 Å². The Bertz CT molecular complexity index is 1160. The summed E-state index contributed by atoms with van der Waals surface area (Å²) in [5.41, 5.74) is 1.10. The van der Waals surface area contributed by atoms with Gasteiger partial charge in [0.15, 0.2) is 9.84 Å². The molecule has 1 heterocycles. The van der Waals surface area contributed by atoms with Crippen LogP contribution in [0.5, 0.6) is 0 Å². The molecule has 3 aromatic rings. The molecule has 26 heavy (non-hydrogen) atoms. The van der Waals surface area contributed by atoms with Crippen LogP contribution in [0.1, 0.15) is 5.56 Å². The maximum absolute atomic E-state index is 14.2. The van der Waals surface area contributed by atoms with Gasteiger partial charge in [-0.25, -0.2) is 26.6 Å². The summed E-state index contributed by atoms with van der Waals surface area (Å²) >= 11 is 6.07. The lowest BCUT2D eigenvalue weighted by Crippen LogP contribution is -2.13. The van der Waals surface area contributed by atoms with Crippen LogP contribution in [0.15, 0.2) is 50.7 Å². The van der Waals surface area contributed by atoms with Crippen LogP contribution in [0, 0.1) is 18.6 Å². The molecule has 5 nitrogen and oxygen atoms in total. The first kappa shape index (κ1) is 18.3. The van der Waals surface area contributed by atoms with Gasteiger partial charge in [-0.2, -0.15) is 0 Å². The van der Waals surface area contributed by atoms with Crippen LogP contribution in [0.4, 0.5) is 8.78 Å². The third-order valence-corrected chi connectivity index (χ3v) is 5.31. The molecule has 0 aliphatic heterocycles. The van der Waals surface area contributed by atoms with Gasteiger partial charge in [0, 0.05) is 16.8 Å². The Balaban J connectivity index is 2.24. The second-order valence-electron chi connectivity index (χ2n) is 5.70. The number of hydrogen-bond acceptors (Lipinski definition) is 4. The van der Waals surface area contributed by atoms with Crippen molar-refractivity contribution in [2.45, 2.75) is 11.8 Å². The SMILES string of the molecule is Cc1ccc(-n2c(-c3cc(F)c(S(C)(=O)=O)c(F)c3)coc2=O)cc1Cl. The number of oxazole rings is 1. The van der Waals surface area contributed by atoms with Crippen molar-refractivity contribution in [2.75, 3.05) is 6.26 Å². The average Bonchev–Trinajstić information content (AvgIpc) is 2.89. The number of rotatable bonds is 3. The van der Waals surface area contributed by atoms with E-state index in [-0.39, 0.29) is 11.3 Å². The Labute approximate surface area is 152 Å². The highest BCUT2D eigenvalue weighted by Gasteiger charge is 2.23. The Kier molecular flexibility index (Phi) is 4.49. The van der Waals surface area contributed by atoms with Crippen LogP contribution in [0.25, 0.3) is 16.9 Å². The van der Waals surface area contributed by atoms with E-state index in [1.807, 2.05) is 0 Å². The van der Waals surface area contributed by atoms with Crippen molar-refractivity contribution in [1.82, 2.24) is 4.57 Å². The molecule has 0 aliphatic carbocycles. The number of benzene rings is 2. The molecule has 0 amide bonds. The van der Waals surface area contributed by atoms with Crippen LogP contribution >= 0.6 is 11.6 Å². The van der Waals surface area contributed by atoms with E-state index >= 15 is 0 Å². The van der Waals surface area contributed by atoms with Gasteiger partial charge in [-0.3, -0.25) is 0 Å². The van der Waals surface area contributed by atoms with Gasteiger partial charge in [-0.15, -0.1) is 0 Å². The fourth-order valence-corrected chi connectivity index (χ4v) is 3.54. The van der Waals surface area contributed by atoms with E-state index in [4.69, 9.17) is 16.0 Å². The van der Waals surface area contributed by atoms with Gasteiger partial charge < -0.3 is 4.42 Å². The molecule has 0 atom stereocenters. The van der Waals surface area contributed by atoms with E-state index in [1.165, 1.54) is 6.07 Å². The molecule has 0 saturated carbocycles. The summed E-state index contributed by atoms with van der Waals surface area (Å²) in [7, 11) is -4.09. The fraction of sp³-hybridized carbons (Fsp3) is 0.118. The highest BCUT2D eigenvalue weighted by Crippen LogP contribution is 2.29. The van der Waals surface area contributed by atoms with Crippen molar-refractivity contribution < 1.29 is 21.6 Å². The summed E-state index contributed by atoms with van der Waals surface area (Å²) in [5.74, 6) is -3.30. The van der Waals surface area contributed by atoms with E-state index in [1.54, 1.807) is 19.1 Å². The van der Waals surface area contributed by atoms with E-state index in [0.29, 0.717) is 17.0 Å². The zero-order valence-electron chi connectivity index (χ0n) is 13.6. The molecule has 0 unspecified atom stereocenters. The molecule has 1 aromatic heterocycles. The Morgan fingerprint density at radius 3 is 2.27 bits per heavy atom. The first-order chi connectivity index (χ1) is 12.1. The second kappa shape index (κ2) is 6.37. The first-order valence-electron chi connectivity index (χ1n) is 7.26. The maximum atomic E-state index is 14.2. The van der Waals surface area contributed by atoms with Crippen LogP contribution in [0.2, 0.25) is 5.02 Å². The van der Waals surface area contributed by atoms with Crippen molar-refractivity contribution in [3.05, 3.63) is 69.4 Å². The normalized spacial score (nSPS) is 11.7. The molecule has 0 bridgehead atoms. The van der Waals surface area contributed by atoms with Gasteiger partial charge in [0.1, 0.15) is 22.8 Å². The van der Waals surface area contributed by atoms with Gasteiger partial charge in [0.05, 0.1) is 11.4 Å². The molecular formula is C17H12ClF2NO4S. The lowest BCUT2D eigenvalue weighted by Gasteiger charge is -2.10. The van der Waals surface area contributed by atoms with E-state index < -0.39 is 32.1 Å². The predicted molar refractivity (Wildman–Crippen MR) is 92.5 cm³/mol. The third kappa shape index (κ3) is 3.17. The minimum Gasteiger partial charge on any atom is -0.415 e. The van der Waals surface area contributed by atoms with Crippen LogP contribution < -0.4 is 5.76 Å². The lowest BCUT2D eigenvalue weighted by atomic mass is 10.1. The van der Waals surface area contributed by atoms with Gasteiger partial charge in [-0.1, -0.05) is 17.7 Å². The molecular weight excluding hydrogens is 388 g/mol. The zero-order valence-corrected chi connectivity index (χ0v) is 15.2. The molecule has 3 rings (SSSR count). The highest BCUT2D eigenvalue weighted by atomic mass is 35.5. The van der Waals surface area contributed by atoms with Gasteiger partial charge in [-0.05, 0) is 36.8 Å². The van der Waals surface area contributed by atoms with Crippen LogP contribution in [0.3, 0.4) is 0 Å². The standard InChI is InChI=1S/C17H12ClF2NO4S/c1-9-3-4-11(7-12(9)18)21-15(8-25-17(21)22)10-5-13(19)16(14(20)6-10)26(2,23)24/h3-8H,1-2H3. The Morgan fingerprint density at radius 1 is 1.12 bits per heavy atom. The molecule has 0 spiro atoms. The van der Waals surface area contributed by atoms with Crippen molar-refractivity contribution in [3.63, 3.8) is 0 Å². The fourth-order valence-electron chi connectivity index (χ4n) is 2.53. The average molecular weight is 400 g/mol. The van der Waals surface area contributed by atoms with Crippen molar-refractivity contribution >= 4 is 21.4 Å². The molecule has 0 aliphatic rings. The maximum Gasteiger partial charge on any atom is 0.424 e.